The van der Waals surface area contributed by atoms with Crippen molar-refractivity contribution in [3.8, 4) is 0 Å². The molecule has 0 aromatic carbocycles. The SMILES string of the molecule is COCCCNC(=O)c1cc(N2CCCCC2)nc(C)n1. The second-order valence-corrected chi connectivity index (χ2v) is 5.31. The predicted octanol–water partition coefficient (Wildman–Crippen LogP) is 1.54. The largest absolute Gasteiger partial charge is 0.385 e. The summed E-state index contributed by atoms with van der Waals surface area (Å²) in [5.74, 6) is 1.36. The summed E-state index contributed by atoms with van der Waals surface area (Å²) in [6, 6.07) is 1.80. The van der Waals surface area contributed by atoms with Gasteiger partial charge in [-0.2, -0.15) is 0 Å². The highest BCUT2D eigenvalue weighted by Crippen LogP contribution is 2.18. The minimum Gasteiger partial charge on any atom is -0.385 e. The van der Waals surface area contributed by atoms with Crippen LogP contribution in [0.2, 0.25) is 0 Å². The second-order valence-electron chi connectivity index (χ2n) is 5.31. The summed E-state index contributed by atoms with van der Waals surface area (Å²) in [7, 11) is 1.65. The summed E-state index contributed by atoms with van der Waals surface area (Å²) >= 11 is 0. The molecule has 2 rings (SSSR count). The predicted molar refractivity (Wildman–Crippen MR) is 81.7 cm³/mol. The number of carbonyl (C=O) groups excluding carboxylic acids is 1. The zero-order chi connectivity index (χ0) is 15.1. The van der Waals surface area contributed by atoms with Crippen LogP contribution in [0.15, 0.2) is 6.07 Å². The normalized spacial score (nSPS) is 15.0. The molecule has 1 fully saturated rings. The number of anilines is 1. The summed E-state index contributed by atoms with van der Waals surface area (Å²) in [5.41, 5.74) is 0.445. The van der Waals surface area contributed by atoms with Crippen LogP contribution in [-0.4, -0.2) is 49.2 Å². The third-order valence-corrected chi connectivity index (χ3v) is 3.55. The molecule has 1 amide bonds. The van der Waals surface area contributed by atoms with Gasteiger partial charge < -0.3 is 15.0 Å². The minimum atomic E-state index is -0.144. The van der Waals surface area contributed by atoms with Crippen LogP contribution in [0, 0.1) is 6.92 Å². The van der Waals surface area contributed by atoms with Crippen molar-refractivity contribution in [2.75, 3.05) is 38.3 Å². The Balaban J connectivity index is 2.01. The number of nitrogens with one attached hydrogen (secondary N) is 1. The molecule has 6 nitrogen and oxygen atoms in total. The Morgan fingerprint density at radius 3 is 2.81 bits per heavy atom. The van der Waals surface area contributed by atoms with Crippen LogP contribution in [0.25, 0.3) is 0 Å². The molecule has 6 heteroatoms. The number of aryl methyl sites for hydroxylation is 1. The average molecular weight is 292 g/mol. The van der Waals surface area contributed by atoms with E-state index in [2.05, 4.69) is 20.2 Å². The lowest BCUT2D eigenvalue weighted by Crippen LogP contribution is -2.31. The van der Waals surface area contributed by atoms with Crippen LogP contribution in [0.5, 0.6) is 0 Å². The third kappa shape index (κ3) is 4.67. The van der Waals surface area contributed by atoms with E-state index in [0.29, 0.717) is 24.7 Å². The number of hydrogen-bond acceptors (Lipinski definition) is 5. The minimum absolute atomic E-state index is 0.144. The fourth-order valence-corrected chi connectivity index (χ4v) is 2.46. The number of ether oxygens (including phenoxy) is 1. The fourth-order valence-electron chi connectivity index (χ4n) is 2.46. The van der Waals surface area contributed by atoms with Crippen LogP contribution >= 0.6 is 0 Å². The topological polar surface area (TPSA) is 67.3 Å². The Kier molecular flexibility index (Phi) is 5.92. The van der Waals surface area contributed by atoms with E-state index in [1.165, 1.54) is 19.3 Å². The summed E-state index contributed by atoms with van der Waals surface area (Å²) in [6.07, 6.45) is 4.43. The standard InChI is InChI=1S/C15H24N4O2/c1-12-17-13(15(20)16-7-6-10-21-2)11-14(18-12)19-8-4-3-5-9-19/h11H,3-10H2,1-2H3,(H,16,20). The van der Waals surface area contributed by atoms with E-state index in [0.717, 1.165) is 25.3 Å². The molecule has 1 aromatic rings. The van der Waals surface area contributed by atoms with Crippen molar-refractivity contribution >= 4 is 11.7 Å². The highest BCUT2D eigenvalue weighted by atomic mass is 16.5. The van der Waals surface area contributed by atoms with Crippen LogP contribution in [0.1, 0.15) is 42.0 Å². The van der Waals surface area contributed by atoms with Gasteiger partial charge >= 0.3 is 0 Å². The number of methoxy groups -OCH3 is 1. The summed E-state index contributed by atoms with van der Waals surface area (Å²) in [4.78, 5) is 23.1. The Labute approximate surface area is 125 Å². The molecular weight excluding hydrogens is 268 g/mol. The molecule has 0 atom stereocenters. The van der Waals surface area contributed by atoms with Crippen LogP contribution in [-0.2, 0) is 4.74 Å². The van der Waals surface area contributed by atoms with Gasteiger partial charge in [0, 0.05) is 39.4 Å². The molecule has 1 aliphatic rings. The number of carbonyl (C=O) groups is 1. The molecule has 0 aliphatic carbocycles. The van der Waals surface area contributed by atoms with Crippen molar-refractivity contribution in [1.29, 1.82) is 0 Å². The Morgan fingerprint density at radius 1 is 1.33 bits per heavy atom. The quantitative estimate of drug-likeness (QED) is 0.806. The maximum Gasteiger partial charge on any atom is 0.270 e. The van der Waals surface area contributed by atoms with Crippen molar-refractivity contribution < 1.29 is 9.53 Å². The van der Waals surface area contributed by atoms with E-state index in [-0.39, 0.29) is 5.91 Å². The van der Waals surface area contributed by atoms with Gasteiger partial charge in [-0.05, 0) is 32.6 Å². The van der Waals surface area contributed by atoms with Gasteiger partial charge in [0.2, 0.25) is 0 Å². The maximum absolute atomic E-state index is 12.1. The van der Waals surface area contributed by atoms with E-state index < -0.39 is 0 Å². The summed E-state index contributed by atoms with van der Waals surface area (Å²) in [6.45, 7) is 5.07. The van der Waals surface area contributed by atoms with Crippen molar-refractivity contribution in [3.63, 3.8) is 0 Å². The molecule has 116 valence electrons. The van der Waals surface area contributed by atoms with Gasteiger partial charge in [-0.15, -0.1) is 0 Å². The van der Waals surface area contributed by atoms with Gasteiger partial charge in [0.05, 0.1) is 0 Å². The Morgan fingerprint density at radius 2 is 2.10 bits per heavy atom. The van der Waals surface area contributed by atoms with Crippen molar-refractivity contribution in [2.24, 2.45) is 0 Å². The molecule has 0 spiro atoms. The van der Waals surface area contributed by atoms with Crippen molar-refractivity contribution in [3.05, 3.63) is 17.6 Å². The monoisotopic (exact) mass is 292 g/mol. The van der Waals surface area contributed by atoms with Gasteiger partial charge in [-0.1, -0.05) is 0 Å². The zero-order valence-electron chi connectivity index (χ0n) is 12.9. The van der Waals surface area contributed by atoms with Gasteiger partial charge in [0.1, 0.15) is 17.3 Å². The molecule has 0 bridgehead atoms. The maximum atomic E-state index is 12.1. The lowest BCUT2D eigenvalue weighted by Gasteiger charge is -2.28. The Bertz CT molecular complexity index is 473. The first kappa shape index (κ1) is 15.7. The average Bonchev–Trinajstić information content (AvgIpc) is 2.51. The molecule has 1 saturated heterocycles. The number of piperidine rings is 1. The lowest BCUT2D eigenvalue weighted by molar-refractivity contribution is 0.0943. The number of aromatic nitrogens is 2. The zero-order valence-corrected chi connectivity index (χ0v) is 12.9. The Hall–Kier alpha value is -1.69. The smallest absolute Gasteiger partial charge is 0.270 e. The lowest BCUT2D eigenvalue weighted by atomic mass is 10.1. The van der Waals surface area contributed by atoms with Crippen LogP contribution in [0.3, 0.4) is 0 Å². The van der Waals surface area contributed by atoms with E-state index in [1.807, 2.05) is 6.92 Å². The van der Waals surface area contributed by atoms with Crippen molar-refractivity contribution in [1.82, 2.24) is 15.3 Å². The van der Waals surface area contributed by atoms with Crippen molar-refractivity contribution in [2.45, 2.75) is 32.6 Å². The van der Waals surface area contributed by atoms with Crippen LogP contribution in [0.4, 0.5) is 5.82 Å². The molecule has 0 saturated carbocycles. The first-order valence-corrected chi connectivity index (χ1v) is 7.58. The van der Waals surface area contributed by atoms with Gasteiger partial charge in [-0.25, -0.2) is 9.97 Å². The molecule has 0 unspecified atom stereocenters. The molecule has 21 heavy (non-hydrogen) atoms. The summed E-state index contributed by atoms with van der Waals surface area (Å²) < 4.78 is 4.96. The van der Waals surface area contributed by atoms with E-state index in [9.17, 15) is 4.79 Å². The molecule has 0 radical (unpaired) electrons. The highest BCUT2D eigenvalue weighted by Gasteiger charge is 2.16. The number of nitrogens with zero attached hydrogens (tertiary/aromatic N) is 3. The molecule has 1 N–H and O–H groups in total. The third-order valence-electron chi connectivity index (χ3n) is 3.55. The van der Waals surface area contributed by atoms with E-state index in [4.69, 9.17) is 4.74 Å². The first-order valence-electron chi connectivity index (χ1n) is 7.58. The molecule has 2 heterocycles. The molecular formula is C15H24N4O2. The summed E-state index contributed by atoms with van der Waals surface area (Å²) in [5, 5.41) is 2.86. The highest BCUT2D eigenvalue weighted by molar-refractivity contribution is 5.92. The second kappa shape index (κ2) is 7.93. The number of rotatable bonds is 6. The van der Waals surface area contributed by atoms with E-state index >= 15 is 0 Å². The van der Waals surface area contributed by atoms with Gasteiger partial charge in [-0.3, -0.25) is 4.79 Å². The molecule has 1 aromatic heterocycles. The number of amides is 1. The molecule has 1 aliphatic heterocycles. The first-order chi connectivity index (χ1) is 10.2. The van der Waals surface area contributed by atoms with Gasteiger partial charge in [0.15, 0.2) is 0 Å². The van der Waals surface area contributed by atoms with Crippen LogP contribution < -0.4 is 10.2 Å². The van der Waals surface area contributed by atoms with Gasteiger partial charge in [0.25, 0.3) is 5.91 Å². The fraction of sp³-hybridized carbons (Fsp3) is 0.667. The number of hydrogen-bond donors (Lipinski definition) is 1. The van der Waals surface area contributed by atoms with E-state index in [1.54, 1.807) is 13.2 Å².